The van der Waals surface area contributed by atoms with Crippen LogP contribution in [0.4, 0.5) is 0 Å². The SMILES string of the molecule is COc1ccc(-c2cc3nccn3cn2)cc1OC. The van der Waals surface area contributed by atoms with Gasteiger partial charge in [-0.15, -0.1) is 0 Å². The van der Waals surface area contributed by atoms with Gasteiger partial charge in [0.1, 0.15) is 12.0 Å². The van der Waals surface area contributed by atoms with Crippen LogP contribution in [-0.4, -0.2) is 28.6 Å². The van der Waals surface area contributed by atoms with E-state index in [1.165, 1.54) is 0 Å². The number of hydrogen-bond donors (Lipinski definition) is 0. The van der Waals surface area contributed by atoms with Crippen LogP contribution in [0.15, 0.2) is 43.0 Å². The Labute approximate surface area is 110 Å². The largest absolute Gasteiger partial charge is 0.493 e. The van der Waals surface area contributed by atoms with E-state index in [-0.39, 0.29) is 0 Å². The quantitative estimate of drug-likeness (QED) is 0.721. The Bertz CT molecular complexity index is 722. The maximum Gasteiger partial charge on any atom is 0.161 e. The molecule has 0 aliphatic rings. The minimum atomic E-state index is 0.685. The number of aromatic nitrogens is 3. The van der Waals surface area contributed by atoms with E-state index < -0.39 is 0 Å². The van der Waals surface area contributed by atoms with Crippen LogP contribution >= 0.6 is 0 Å². The van der Waals surface area contributed by atoms with Crippen molar-refractivity contribution in [2.24, 2.45) is 0 Å². The van der Waals surface area contributed by atoms with Crippen molar-refractivity contribution in [1.29, 1.82) is 0 Å². The Morgan fingerprint density at radius 2 is 1.84 bits per heavy atom. The Balaban J connectivity index is 2.09. The minimum absolute atomic E-state index is 0.685. The molecule has 0 aliphatic carbocycles. The zero-order valence-corrected chi connectivity index (χ0v) is 10.7. The van der Waals surface area contributed by atoms with Gasteiger partial charge in [-0.3, -0.25) is 4.40 Å². The van der Waals surface area contributed by atoms with Crippen molar-refractivity contribution in [3.8, 4) is 22.8 Å². The van der Waals surface area contributed by atoms with Gasteiger partial charge in [0, 0.05) is 24.0 Å². The summed E-state index contributed by atoms with van der Waals surface area (Å²) in [6.07, 6.45) is 5.35. The Kier molecular flexibility index (Phi) is 2.79. The fourth-order valence-corrected chi connectivity index (χ4v) is 1.97. The molecule has 3 rings (SSSR count). The maximum absolute atomic E-state index is 5.30. The van der Waals surface area contributed by atoms with Gasteiger partial charge >= 0.3 is 0 Å². The maximum atomic E-state index is 5.30. The summed E-state index contributed by atoms with van der Waals surface area (Å²) < 4.78 is 12.4. The highest BCUT2D eigenvalue weighted by Crippen LogP contribution is 2.31. The standard InChI is InChI=1S/C14H13N3O2/c1-18-12-4-3-10(7-13(12)19-2)11-8-14-15-5-6-17(14)9-16-11/h3-9H,1-2H3. The van der Waals surface area contributed by atoms with Gasteiger partial charge in [0.15, 0.2) is 11.5 Å². The fourth-order valence-electron chi connectivity index (χ4n) is 1.97. The van der Waals surface area contributed by atoms with Crippen molar-refractivity contribution in [3.05, 3.63) is 43.0 Å². The summed E-state index contributed by atoms with van der Waals surface area (Å²) in [6.45, 7) is 0. The first-order chi connectivity index (χ1) is 9.31. The van der Waals surface area contributed by atoms with Crippen molar-refractivity contribution < 1.29 is 9.47 Å². The normalized spacial score (nSPS) is 10.6. The third-order valence-corrected chi connectivity index (χ3v) is 2.96. The molecule has 0 aliphatic heterocycles. The molecule has 0 spiro atoms. The van der Waals surface area contributed by atoms with E-state index >= 15 is 0 Å². The van der Waals surface area contributed by atoms with Gasteiger partial charge in [-0.05, 0) is 18.2 Å². The summed E-state index contributed by atoms with van der Waals surface area (Å²) in [5, 5.41) is 0. The van der Waals surface area contributed by atoms with Crippen molar-refractivity contribution in [1.82, 2.24) is 14.4 Å². The Hall–Kier alpha value is -2.56. The lowest BCUT2D eigenvalue weighted by Gasteiger charge is -2.09. The fraction of sp³-hybridized carbons (Fsp3) is 0.143. The average molecular weight is 255 g/mol. The lowest BCUT2D eigenvalue weighted by molar-refractivity contribution is 0.355. The molecule has 0 radical (unpaired) electrons. The Morgan fingerprint density at radius 1 is 1.00 bits per heavy atom. The first kappa shape index (κ1) is 11.5. The molecule has 2 aromatic heterocycles. The minimum Gasteiger partial charge on any atom is -0.493 e. The number of benzene rings is 1. The van der Waals surface area contributed by atoms with Crippen molar-refractivity contribution in [2.75, 3.05) is 14.2 Å². The molecule has 0 N–H and O–H groups in total. The van der Waals surface area contributed by atoms with Crippen molar-refractivity contribution in [2.45, 2.75) is 0 Å². The molecule has 0 saturated heterocycles. The molecule has 96 valence electrons. The summed E-state index contributed by atoms with van der Waals surface area (Å²) in [5.41, 5.74) is 2.67. The third-order valence-electron chi connectivity index (χ3n) is 2.96. The predicted molar refractivity (Wildman–Crippen MR) is 71.5 cm³/mol. The molecule has 0 bridgehead atoms. The molecule has 3 aromatic rings. The summed E-state index contributed by atoms with van der Waals surface area (Å²) >= 11 is 0. The van der Waals surface area contributed by atoms with E-state index in [0.29, 0.717) is 11.5 Å². The van der Waals surface area contributed by atoms with Crippen LogP contribution < -0.4 is 9.47 Å². The van der Waals surface area contributed by atoms with Gasteiger partial charge < -0.3 is 9.47 Å². The van der Waals surface area contributed by atoms with E-state index in [1.807, 2.05) is 34.9 Å². The smallest absolute Gasteiger partial charge is 0.161 e. The molecule has 1 aromatic carbocycles. The molecule has 0 amide bonds. The number of fused-ring (bicyclic) bond motifs is 1. The van der Waals surface area contributed by atoms with Gasteiger partial charge in [0.25, 0.3) is 0 Å². The number of hydrogen-bond acceptors (Lipinski definition) is 4. The molecule has 0 fully saturated rings. The van der Waals surface area contributed by atoms with E-state index in [0.717, 1.165) is 16.9 Å². The van der Waals surface area contributed by atoms with Gasteiger partial charge in [-0.25, -0.2) is 9.97 Å². The highest BCUT2D eigenvalue weighted by atomic mass is 16.5. The van der Waals surface area contributed by atoms with Crippen LogP contribution in [-0.2, 0) is 0 Å². The van der Waals surface area contributed by atoms with E-state index in [9.17, 15) is 0 Å². The summed E-state index contributed by atoms with van der Waals surface area (Å²) in [7, 11) is 3.24. The van der Waals surface area contributed by atoms with Crippen LogP contribution in [0.3, 0.4) is 0 Å². The van der Waals surface area contributed by atoms with Crippen LogP contribution in [0.5, 0.6) is 11.5 Å². The van der Waals surface area contributed by atoms with Crippen LogP contribution in [0.1, 0.15) is 0 Å². The van der Waals surface area contributed by atoms with Crippen molar-refractivity contribution in [3.63, 3.8) is 0 Å². The summed E-state index contributed by atoms with van der Waals surface area (Å²) in [5.74, 6) is 1.39. The van der Waals surface area contributed by atoms with Crippen LogP contribution in [0.25, 0.3) is 16.9 Å². The molecule has 0 unspecified atom stereocenters. The second-order valence-corrected chi connectivity index (χ2v) is 4.04. The van der Waals surface area contributed by atoms with Gasteiger partial charge in [0.05, 0.1) is 19.9 Å². The van der Waals surface area contributed by atoms with E-state index in [2.05, 4.69) is 9.97 Å². The molecule has 19 heavy (non-hydrogen) atoms. The highest BCUT2D eigenvalue weighted by molar-refractivity contribution is 5.66. The summed E-state index contributed by atoms with van der Waals surface area (Å²) in [6, 6.07) is 7.65. The van der Waals surface area contributed by atoms with Gasteiger partial charge in [-0.1, -0.05) is 0 Å². The topological polar surface area (TPSA) is 48.7 Å². The third kappa shape index (κ3) is 1.99. The van der Waals surface area contributed by atoms with E-state index in [4.69, 9.17) is 9.47 Å². The monoisotopic (exact) mass is 255 g/mol. The van der Waals surface area contributed by atoms with Gasteiger partial charge in [-0.2, -0.15) is 0 Å². The average Bonchev–Trinajstić information content (AvgIpc) is 2.93. The first-order valence-electron chi connectivity index (χ1n) is 5.83. The molecule has 0 saturated carbocycles. The first-order valence-corrected chi connectivity index (χ1v) is 5.83. The number of methoxy groups -OCH3 is 2. The summed E-state index contributed by atoms with van der Waals surface area (Å²) in [4.78, 5) is 8.66. The second-order valence-electron chi connectivity index (χ2n) is 4.04. The van der Waals surface area contributed by atoms with E-state index in [1.54, 1.807) is 26.7 Å². The van der Waals surface area contributed by atoms with Crippen molar-refractivity contribution >= 4 is 5.65 Å². The zero-order valence-electron chi connectivity index (χ0n) is 10.7. The molecule has 2 heterocycles. The van der Waals surface area contributed by atoms with Crippen LogP contribution in [0, 0.1) is 0 Å². The lowest BCUT2D eigenvalue weighted by Crippen LogP contribution is -1.93. The molecule has 0 atom stereocenters. The van der Waals surface area contributed by atoms with Gasteiger partial charge in [0.2, 0.25) is 0 Å². The number of nitrogens with zero attached hydrogens (tertiary/aromatic N) is 3. The molecular weight excluding hydrogens is 242 g/mol. The zero-order chi connectivity index (χ0) is 13.2. The Morgan fingerprint density at radius 3 is 2.63 bits per heavy atom. The number of imidazole rings is 1. The molecular formula is C14H13N3O2. The molecule has 5 nitrogen and oxygen atoms in total. The molecule has 5 heteroatoms. The van der Waals surface area contributed by atoms with Crippen LogP contribution in [0.2, 0.25) is 0 Å². The second kappa shape index (κ2) is 4.61. The highest BCUT2D eigenvalue weighted by Gasteiger charge is 2.07. The number of ether oxygens (including phenoxy) is 2. The predicted octanol–water partition coefficient (Wildman–Crippen LogP) is 2.41. The number of rotatable bonds is 3. The lowest BCUT2D eigenvalue weighted by atomic mass is 10.1.